The highest BCUT2D eigenvalue weighted by molar-refractivity contribution is 9.10. The molecule has 2 unspecified atom stereocenters. The summed E-state index contributed by atoms with van der Waals surface area (Å²) in [5.41, 5.74) is 4.90. The predicted octanol–water partition coefficient (Wildman–Crippen LogP) is 7.11. The van der Waals surface area contributed by atoms with E-state index >= 15 is 0 Å². The minimum atomic E-state index is 0.577. The average molecular weight is 454 g/mol. The van der Waals surface area contributed by atoms with Crippen LogP contribution in [-0.4, -0.2) is 11.6 Å². The van der Waals surface area contributed by atoms with Gasteiger partial charge in [0.15, 0.2) is 0 Å². The average Bonchev–Trinajstić information content (AvgIpc) is 3.31. The van der Waals surface area contributed by atoms with E-state index in [1.807, 2.05) is 37.3 Å². The van der Waals surface area contributed by atoms with Gasteiger partial charge in [0.05, 0.1) is 16.8 Å². The summed E-state index contributed by atoms with van der Waals surface area (Å²) in [6.07, 6.45) is 4.35. The molecule has 3 aromatic rings. The normalized spacial score (nSPS) is 16.6. The van der Waals surface area contributed by atoms with Crippen LogP contribution >= 0.6 is 15.9 Å². The summed E-state index contributed by atoms with van der Waals surface area (Å²) in [6, 6.07) is 14.5. The van der Waals surface area contributed by atoms with Gasteiger partial charge in [0, 0.05) is 12.0 Å². The topological polar surface area (TPSA) is 35.3 Å². The van der Waals surface area contributed by atoms with E-state index in [1.165, 1.54) is 24.0 Å². The number of benzene rings is 2. The van der Waals surface area contributed by atoms with Gasteiger partial charge in [-0.1, -0.05) is 38.5 Å². The van der Waals surface area contributed by atoms with Crippen LogP contribution in [-0.2, 0) is 12.8 Å². The summed E-state index contributed by atoms with van der Waals surface area (Å²) in [4.78, 5) is 4.67. The van der Waals surface area contributed by atoms with Crippen molar-refractivity contribution in [3.63, 3.8) is 0 Å². The van der Waals surface area contributed by atoms with E-state index < -0.39 is 0 Å². The molecule has 0 radical (unpaired) electrons. The summed E-state index contributed by atoms with van der Waals surface area (Å²) >= 11 is 3.72. The molecule has 0 bridgehead atoms. The van der Waals surface area contributed by atoms with Crippen molar-refractivity contribution in [1.82, 2.24) is 4.98 Å². The van der Waals surface area contributed by atoms with E-state index in [9.17, 15) is 0 Å². The van der Waals surface area contributed by atoms with Crippen LogP contribution in [0.3, 0.4) is 0 Å². The number of aromatic nitrogens is 1. The molecule has 3 nitrogen and oxygen atoms in total. The van der Waals surface area contributed by atoms with Crippen LogP contribution in [0.15, 0.2) is 51.4 Å². The Hall–Kier alpha value is -2.07. The van der Waals surface area contributed by atoms with Crippen molar-refractivity contribution in [2.45, 2.75) is 52.4 Å². The zero-order valence-electron chi connectivity index (χ0n) is 17.4. The summed E-state index contributed by atoms with van der Waals surface area (Å²) in [5.74, 6) is 3.86. The standard InChI is InChI=1S/C25H28BrNO2/c1-4-16(2)20-11-10-19-14-24(22(26)15-21(19)20)28-13-12-23-17(3)29-25(27-23)18-8-6-5-7-9-18/h5-9,14-16,20H,4,10-13H2,1-3H3. The van der Waals surface area contributed by atoms with Crippen LogP contribution in [0.5, 0.6) is 5.75 Å². The van der Waals surface area contributed by atoms with E-state index in [-0.39, 0.29) is 0 Å². The Balaban J connectivity index is 1.42. The highest BCUT2D eigenvalue weighted by Crippen LogP contribution is 2.43. The van der Waals surface area contributed by atoms with Crippen LogP contribution in [0.4, 0.5) is 0 Å². The number of hydrogen-bond donors (Lipinski definition) is 0. The van der Waals surface area contributed by atoms with Gasteiger partial charge < -0.3 is 9.15 Å². The summed E-state index contributed by atoms with van der Waals surface area (Å²) in [5, 5.41) is 0. The van der Waals surface area contributed by atoms with Crippen LogP contribution in [0.1, 0.15) is 55.2 Å². The zero-order valence-corrected chi connectivity index (χ0v) is 19.0. The van der Waals surface area contributed by atoms with E-state index in [0.717, 1.165) is 46.0 Å². The van der Waals surface area contributed by atoms with Gasteiger partial charge in [0.2, 0.25) is 5.89 Å². The van der Waals surface area contributed by atoms with Crippen LogP contribution < -0.4 is 4.74 Å². The Kier molecular flexibility index (Phi) is 6.09. The van der Waals surface area contributed by atoms with E-state index in [2.05, 4.69) is 46.9 Å². The van der Waals surface area contributed by atoms with Crippen LogP contribution in [0, 0.1) is 12.8 Å². The Morgan fingerprint density at radius 1 is 1.24 bits per heavy atom. The third-order valence-corrected chi connectivity index (χ3v) is 6.78. The van der Waals surface area contributed by atoms with E-state index in [0.29, 0.717) is 18.4 Å². The van der Waals surface area contributed by atoms with E-state index in [1.54, 1.807) is 0 Å². The van der Waals surface area contributed by atoms with Crippen molar-refractivity contribution >= 4 is 15.9 Å². The molecule has 2 atom stereocenters. The predicted molar refractivity (Wildman–Crippen MR) is 121 cm³/mol. The van der Waals surface area contributed by atoms with Crippen LogP contribution in [0.2, 0.25) is 0 Å². The zero-order chi connectivity index (χ0) is 20.4. The first kappa shape index (κ1) is 20.2. The first-order valence-corrected chi connectivity index (χ1v) is 11.3. The number of hydrogen-bond acceptors (Lipinski definition) is 3. The maximum absolute atomic E-state index is 6.13. The quantitative estimate of drug-likeness (QED) is 0.382. The molecule has 4 heteroatoms. The second kappa shape index (κ2) is 8.74. The number of fused-ring (bicyclic) bond motifs is 1. The fraction of sp³-hybridized carbons (Fsp3) is 0.400. The van der Waals surface area contributed by atoms with Gasteiger partial charge in [-0.05, 0) is 82.9 Å². The third-order valence-electron chi connectivity index (χ3n) is 6.16. The summed E-state index contributed by atoms with van der Waals surface area (Å²) in [7, 11) is 0. The molecule has 29 heavy (non-hydrogen) atoms. The van der Waals surface area contributed by atoms with Crippen molar-refractivity contribution in [3.05, 3.63) is 69.5 Å². The molecule has 1 aromatic heterocycles. The number of rotatable bonds is 7. The van der Waals surface area contributed by atoms with Crippen molar-refractivity contribution in [2.75, 3.05) is 6.61 Å². The molecule has 2 aromatic carbocycles. The maximum Gasteiger partial charge on any atom is 0.226 e. The van der Waals surface area contributed by atoms with Crippen molar-refractivity contribution in [1.29, 1.82) is 0 Å². The Bertz CT molecular complexity index is 980. The van der Waals surface area contributed by atoms with Gasteiger partial charge in [0.1, 0.15) is 11.5 Å². The Morgan fingerprint density at radius 3 is 2.79 bits per heavy atom. The molecule has 0 saturated carbocycles. The number of halogens is 1. The molecule has 0 amide bonds. The number of nitrogens with zero attached hydrogens (tertiary/aromatic N) is 1. The molecule has 0 saturated heterocycles. The fourth-order valence-electron chi connectivity index (χ4n) is 4.25. The lowest BCUT2D eigenvalue weighted by Crippen LogP contribution is -2.06. The van der Waals surface area contributed by atoms with Gasteiger partial charge in [-0.2, -0.15) is 0 Å². The molecule has 1 heterocycles. The molecule has 0 N–H and O–H groups in total. The maximum atomic E-state index is 6.13. The summed E-state index contributed by atoms with van der Waals surface area (Å²) < 4.78 is 13.0. The first-order chi connectivity index (χ1) is 14.1. The molecule has 4 rings (SSSR count). The van der Waals surface area contributed by atoms with Gasteiger partial charge in [-0.3, -0.25) is 0 Å². The van der Waals surface area contributed by atoms with Gasteiger partial charge in [-0.15, -0.1) is 0 Å². The largest absolute Gasteiger partial charge is 0.492 e. The lowest BCUT2D eigenvalue weighted by atomic mass is 9.87. The molecule has 0 fully saturated rings. The smallest absolute Gasteiger partial charge is 0.226 e. The second-order valence-corrected chi connectivity index (χ2v) is 8.85. The monoisotopic (exact) mass is 453 g/mol. The SMILES string of the molecule is CCC(C)C1CCc2cc(OCCc3nc(-c4ccccc4)oc3C)c(Br)cc21. The Morgan fingerprint density at radius 2 is 2.03 bits per heavy atom. The molecule has 1 aliphatic rings. The summed E-state index contributed by atoms with van der Waals surface area (Å²) in [6.45, 7) is 7.19. The molecule has 0 aliphatic heterocycles. The number of ether oxygens (including phenoxy) is 1. The third kappa shape index (κ3) is 4.28. The highest BCUT2D eigenvalue weighted by atomic mass is 79.9. The molecular formula is C25H28BrNO2. The second-order valence-electron chi connectivity index (χ2n) is 8.00. The lowest BCUT2D eigenvalue weighted by Gasteiger charge is -2.19. The molecule has 0 spiro atoms. The van der Waals surface area contributed by atoms with Crippen LogP contribution in [0.25, 0.3) is 11.5 Å². The van der Waals surface area contributed by atoms with E-state index in [4.69, 9.17) is 9.15 Å². The number of oxazole rings is 1. The minimum Gasteiger partial charge on any atom is -0.492 e. The van der Waals surface area contributed by atoms with Crippen molar-refractivity contribution < 1.29 is 9.15 Å². The van der Waals surface area contributed by atoms with Crippen molar-refractivity contribution in [2.24, 2.45) is 5.92 Å². The van der Waals surface area contributed by atoms with Gasteiger partial charge in [-0.25, -0.2) is 4.98 Å². The molecule has 1 aliphatic carbocycles. The van der Waals surface area contributed by atoms with Crippen molar-refractivity contribution in [3.8, 4) is 17.2 Å². The van der Waals surface area contributed by atoms with Gasteiger partial charge in [0.25, 0.3) is 0 Å². The fourth-order valence-corrected chi connectivity index (χ4v) is 4.72. The van der Waals surface area contributed by atoms with Gasteiger partial charge >= 0.3 is 0 Å². The minimum absolute atomic E-state index is 0.577. The Labute approximate surface area is 181 Å². The molecular weight excluding hydrogens is 426 g/mol. The molecule has 152 valence electrons. The number of aryl methyl sites for hydroxylation is 2. The highest BCUT2D eigenvalue weighted by Gasteiger charge is 2.27. The first-order valence-electron chi connectivity index (χ1n) is 10.5. The lowest BCUT2D eigenvalue weighted by molar-refractivity contribution is 0.317.